The Labute approximate surface area is 136 Å². The number of carbonyl (C=O) groups is 1. The van der Waals surface area contributed by atoms with Gasteiger partial charge in [0, 0.05) is 26.2 Å². The zero-order valence-corrected chi connectivity index (χ0v) is 13.8. The van der Waals surface area contributed by atoms with Crippen LogP contribution in [0.25, 0.3) is 0 Å². The van der Waals surface area contributed by atoms with Crippen LogP contribution < -0.4 is 10.6 Å². The summed E-state index contributed by atoms with van der Waals surface area (Å²) in [6.07, 6.45) is 0.887. The number of amides is 1. The fourth-order valence-electron chi connectivity index (χ4n) is 2.61. The van der Waals surface area contributed by atoms with E-state index in [2.05, 4.69) is 4.90 Å². The molecule has 2 rings (SSSR count). The Morgan fingerprint density at radius 2 is 2.00 bits per heavy atom. The van der Waals surface area contributed by atoms with Crippen LogP contribution in [0.1, 0.15) is 20.3 Å². The Kier molecular flexibility index (Phi) is 5.64. The van der Waals surface area contributed by atoms with Crippen LogP contribution in [0.5, 0.6) is 0 Å². The highest BCUT2D eigenvalue weighted by Gasteiger charge is 2.28. The van der Waals surface area contributed by atoms with Crippen LogP contribution in [0.3, 0.4) is 0 Å². The molecule has 0 spiro atoms. The second kappa shape index (κ2) is 7.29. The molecule has 1 aromatic rings. The monoisotopic (exact) mass is 327 g/mol. The number of anilines is 1. The van der Waals surface area contributed by atoms with Crippen LogP contribution in [-0.2, 0) is 4.79 Å². The molecule has 1 aromatic carbocycles. The largest absolute Gasteiger partial charge is 0.367 e. The third kappa shape index (κ3) is 3.70. The maximum atomic E-state index is 13.1. The van der Waals surface area contributed by atoms with Gasteiger partial charge in [0.05, 0.1) is 16.8 Å². The van der Waals surface area contributed by atoms with Crippen molar-refractivity contribution < 1.29 is 9.18 Å². The van der Waals surface area contributed by atoms with Crippen molar-refractivity contribution in [1.82, 2.24) is 4.90 Å². The quantitative estimate of drug-likeness (QED) is 0.924. The number of hydrogen-bond donors (Lipinski definition) is 1. The molecule has 0 saturated carbocycles. The molecule has 2 N–H and O–H groups in total. The lowest BCUT2D eigenvalue weighted by atomic mass is 9.98. The number of carbonyl (C=O) groups excluding carboxylic acids is 1. The van der Waals surface area contributed by atoms with Gasteiger partial charge in [-0.15, -0.1) is 0 Å². The van der Waals surface area contributed by atoms with Crippen molar-refractivity contribution in [3.63, 3.8) is 0 Å². The lowest BCUT2D eigenvalue weighted by Gasteiger charge is -2.38. The highest BCUT2D eigenvalue weighted by Crippen LogP contribution is 2.27. The van der Waals surface area contributed by atoms with Crippen molar-refractivity contribution in [1.29, 1.82) is 0 Å². The Morgan fingerprint density at radius 3 is 2.55 bits per heavy atom. The number of rotatable bonds is 4. The number of benzene rings is 1. The molecule has 0 aliphatic carbocycles. The fourth-order valence-corrected chi connectivity index (χ4v) is 2.90. The molecular weight excluding hydrogens is 305 g/mol. The molecular formula is C16H23ClFN3O. The molecule has 1 aliphatic rings. The molecule has 1 heterocycles. The maximum Gasteiger partial charge on any atom is 0.239 e. The topological polar surface area (TPSA) is 49.6 Å². The number of nitrogens with zero attached hydrogens (tertiary/aromatic N) is 2. The van der Waals surface area contributed by atoms with Crippen molar-refractivity contribution in [2.75, 3.05) is 31.1 Å². The predicted octanol–water partition coefficient (Wildman–Crippen LogP) is 2.50. The fraction of sp³-hybridized carbons (Fsp3) is 0.562. The number of nitrogens with two attached hydrogens (primary N) is 1. The summed E-state index contributed by atoms with van der Waals surface area (Å²) in [6, 6.07) is 3.95. The van der Waals surface area contributed by atoms with Crippen LogP contribution in [-0.4, -0.2) is 43.0 Å². The lowest BCUT2D eigenvalue weighted by molar-refractivity contribution is -0.134. The molecule has 22 heavy (non-hydrogen) atoms. The van der Waals surface area contributed by atoms with E-state index in [1.165, 1.54) is 12.1 Å². The van der Waals surface area contributed by atoms with Crippen LogP contribution in [0, 0.1) is 11.7 Å². The third-order valence-electron chi connectivity index (χ3n) is 4.38. The van der Waals surface area contributed by atoms with Crippen LogP contribution in [0.2, 0.25) is 5.02 Å². The molecule has 0 radical (unpaired) electrons. The lowest BCUT2D eigenvalue weighted by Crippen LogP contribution is -2.54. The number of halogens is 2. The number of piperazine rings is 1. The minimum Gasteiger partial charge on any atom is -0.367 e. The summed E-state index contributed by atoms with van der Waals surface area (Å²) in [4.78, 5) is 16.2. The number of hydrogen-bond acceptors (Lipinski definition) is 3. The molecule has 2 atom stereocenters. The molecule has 6 heteroatoms. The highest BCUT2D eigenvalue weighted by atomic mass is 35.5. The van der Waals surface area contributed by atoms with Gasteiger partial charge in [-0.2, -0.15) is 0 Å². The van der Waals surface area contributed by atoms with Crippen LogP contribution in [0.15, 0.2) is 18.2 Å². The Bertz CT molecular complexity index is 532. The second-order valence-electron chi connectivity index (χ2n) is 5.82. The van der Waals surface area contributed by atoms with Crippen molar-refractivity contribution in [3.8, 4) is 0 Å². The van der Waals surface area contributed by atoms with E-state index in [0.717, 1.165) is 12.1 Å². The molecule has 122 valence electrons. The minimum atomic E-state index is -0.439. The van der Waals surface area contributed by atoms with E-state index >= 15 is 0 Å². The minimum absolute atomic E-state index is 0.0132. The summed E-state index contributed by atoms with van der Waals surface area (Å²) in [7, 11) is 0. The van der Waals surface area contributed by atoms with Gasteiger partial charge in [-0.3, -0.25) is 4.79 Å². The Balaban J connectivity index is 1.97. The van der Waals surface area contributed by atoms with E-state index in [9.17, 15) is 9.18 Å². The van der Waals surface area contributed by atoms with Gasteiger partial charge in [0.2, 0.25) is 5.91 Å². The first-order valence-corrected chi connectivity index (χ1v) is 8.06. The average Bonchev–Trinajstić information content (AvgIpc) is 2.53. The summed E-state index contributed by atoms with van der Waals surface area (Å²) in [6.45, 7) is 6.59. The van der Waals surface area contributed by atoms with Crippen molar-refractivity contribution in [2.24, 2.45) is 11.7 Å². The molecule has 4 nitrogen and oxygen atoms in total. The van der Waals surface area contributed by atoms with E-state index in [1.807, 2.05) is 18.7 Å². The van der Waals surface area contributed by atoms with E-state index in [-0.39, 0.29) is 17.6 Å². The Hall–Kier alpha value is -1.33. The summed E-state index contributed by atoms with van der Waals surface area (Å²) in [5, 5.41) is 0.399. The van der Waals surface area contributed by atoms with E-state index in [0.29, 0.717) is 31.2 Å². The third-order valence-corrected chi connectivity index (χ3v) is 4.69. The summed E-state index contributed by atoms with van der Waals surface area (Å²) in [5.41, 5.74) is 6.83. The van der Waals surface area contributed by atoms with Crippen LogP contribution in [0.4, 0.5) is 10.1 Å². The first-order chi connectivity index (χ1) is 10.4. The van der Waals surface area contributed by atoms with E-state index in [1.54, 1.807) is 6.07 Å². The molecule has 1 aliphatic heterocycles. The van der Waals surface area contributed by atoms with Gasteiger partial charge in [-0.05, 0) is 24.1 Å². The molecule has 1 amide bonds. The standard InChI is InChI=1S/C16H23ClFN3O/c1-3-11(2)15(19)16(22)21-8-6-20(7-9-21)14-5-4-12(18)10-13(14)17/h4-5,10-11,15H,3,6-9,19H2,1-2H3. The summed E-state index contributed by atoms with van der Waals surface area (Å²) >= 11 is 6.09. The normalized spacial score (nSPS) is 18.2. The average molecular weight is 328 g/mol. The molecule has 0 bridgehead atoms. The van der Waals surface area contributed by atoms with Gasteiger partial charge in [-0.1, -0.05) is 31.9 Å². The van der Waals surface area contributed by atoms with Gasteiger partial charge in [0.25, 0.3) is 0 Å². The van der Waals surface area contributed by atoms with Gasteiger partial charge in [-0.25, -0.2) is 4.39 Å². The smallest absolute Gasteiger partial charge is 0.239 e. The van der Waals surface area contributed by atoms with Gasteiger partial charge < -0.3 is 15.5 Å². The zero-order chi connectivity index (χ0) is 16.3. The van der Waals surface area contributed by atoms with Crippen molar-refractivity contribution in [3.05, 3.63) is 29.0 Å². The second-order valence-corrected chi connectivity index (χ2v) is 6.23. The van der Waals surface area contributed by atoms with E-state index < -0.39 is 6.04 Å². The van der Waals surface area contributed by atoms with Gasteiger partial charge >= 0.3 is 0 Å². The molecule has 1 saturated heterocycles. The zero-order valence-electron chi connectivity index (χ0n) is 13.1. The van der Waals surface area contributed by atoms with Gasteiger partial charge in [0.1, 0.15) is 5.82 Å². The van der Waals surface area contributed by atoms with Crippen molar-refractivity contribution >= 4 is 23.2 Å². The molecule has 0 aromatic heterocycles. The maximum absolute atomic E-state index is 13.1. The molecule has 2 unspecified atom stereocenters. The first kappa shape index (κ1) is 17.0. The first-order valence-electron chi connectivity index (χ1n) is 7.68. The van der Waals surface area contributed by atoms with Crippen molar-refractivity contribution in [2.45, 2.75) is 26.3 Å². The SMILES string of the molecule is CCC(C)C(N)C(=O)N1CCN(c2ccc(F)cc2Cl)CC1. The highest BCUT2D eigenvalue weighted by molar-refractivity contribution is 6.33. The summed E-state index contributed by atoms with van der Waals surface area (Å²) in [5.74, 6) is -0.154. The Morgan fingerprint density at radius 1 is 1.36 bits per heavy atom. The van der Waals surface area contributed by atoms with E-state index in [4.69, 9.17) is 17.3 Å². The summed E-state index contributed by atoms with van der Waals surface area (Å²) < 4.78 is 13.1. The van der Waals surface area contributed by atoms with Crippen LogP contribution >= 0.6 is 11.6 Å². The van der Waals surface area contributed by atoms with Gasteiger partial charge in [0.15, 0.2) is 0 Å². The molecule has 1 fully saturated rings. The predicted molar refractivity (Wildman–Crippen MR) is 87.6 cm³/mol.